The van der Waals surface area contributed by atoms with Crippen LogP contribution in [-0.4, -0.2) is 44.2 Å². The summed E-state index contributed by atoms with van der Waals surface area (Å²) in [6.45, 7) is 4.99. The number of anilines is 1. The standard InChI is InChI=1S/C19H22F2N2O/c20-16-6-8-17(9-7-16)23-11-3-10-22(12-13-23)14-15-24-19-5-2-1-4-18(19)21/h1-2,4-9H,3,10-15H2. The predicted octanol–water partition coefficient (Wildman–Crippen LogP) is 3.56. The van der Waals surface area contributed by atoms with Crippen molar-refractivity contribution in [2.24, 2.45) is 0 Å². The van der Waals surface area contributed by atoms with Crippen molar-refractivity contribution in [3.8, 4) is 5.75 Å². The third kappa shape index (κ3) is 4.45. The molecule has 1 aliphatic rings. The summed E-state index contributed by atoms with van der Waals surface area (Å²) < 4.78 is 32.1. The Kier molecular flexibility index (Phi) is 5.64. The number of ether oxygens (including phenoxy) is 1. The predicted molar refractivity (Wildman–Crippen MR) is 91.6 cm³/mol. The topological polar surface area (TPSA) is 15.7 Å². The summed E-state index contributed by atoms with van der Waals surface area (Å²) in [5.41, 5.74) is 1.06. The van der Waals surface area contributed by atoms with E-state index in [1.54, 1.807) is 18.2 Å². The SMILES string of the molecule is Fc1ccc(N2CCCN(CCOc3ccccc3F)CC2)cc1. The fourth-order valence-corrected chi connectivity index (χ4v) is 2.95. The molecule has 2 aromatic carbocycles. The van der Waals surface area contributed by atoms with E-state index < -0.39 is 0 Å². The maximum Gasteiger partial charge on any atom is 0.165 e. The summed E-state index contributed by atoms with van der Waals surface area (Å²) in [5.74, 6) is -0.225. The molecule has 0 N–H and O–H groups in total. The molecule has 1 aliphatic heterocycles. The van der Waals surface area contributed by atoms with Gasteiger partial charge in [-0.2, -0.15) is 0 Å². The van der Waals surface area contributed by atoms with Crippen LogP contribution in [0, 0.1) is 11.6 Å². The second-order valence-electron chi connectivity index (χ2n) is 5.94. The molecule has 0 amide bonds. The second kappa shape index (κ2) is 8.11. The van der Waals surface area contributed by atoms with Crippen LogP contribution in [0.25, 0.3) is 0 Å². The third-order valence-electron chi connectivity index (χ3n) is 4.28. The Bertz CT molecular complexity index is 648. The molecule has 1 fully saturated rings. The average Bonchev–Trinajstić information content (AvgIpc) is 2.83. The monoisotopic (exact) mass is 332 g/mol. The number of para-hydroxylation sites is 1. The minimum atomic E-state index is -0.323. The van der Waals surface area contributed by atoms with Crippen molar-refractivity contribution in [2.45, 2.75) is 6.42 Å². The zero-order valence-corrected chi connectivity index (χ0v) is 13.6. The zero-order chi connectivity index (χ0) is 16.8. The molecule has 0 radical (unpaired) electrons. The lowest BCUT2D eigenvalue weighted by Gasteiger charge is -2.23. The van der Waals surface area contributed by atoms with E-state index in [0.29, 0.717) is 12.4 Å². The van der Waals surface area contributed by atoms with Crippen molar-refractivity contribution in [3.05, 3.63) is 60.2 Å². The van der Waals surface area contributed by atoms with Crippen molar-refractivity contribution >= 4 is 5.69 Å². The lowest BCUT2D eigenvalue weighted by Crippen LogP contribution is -2.33. The summed E-state index contributed by atoms with van der Waals surface area (Å²) in [5, 5.41) is 0. The first-order valence-corrected chi connectivity index (χ1v) is 8.32. The van der Waals surface area contributed by atoms with E-state index in [0.717, 1.165) is 44.8 Å². The maximum atomic E-state index is 13.5. The van der Waals surface area contributed by atoms with Crippen molar-refractivity contribution in [1.82, 2.24) is 4.90 Å². The Labute approximate surface area is 141 Å². The number of nitrogens with zero attached hydrogens (tertiary/aromatic N) is 2. The van der Waals surface area contributed by atoms with E-state index in [1.165, 1.54) is 18.2 Å². The first-order chi connectivity index (χ1) is 11.7. The van der Waals surface area contributed by atoms with E-state index in [-0.39, 0.29) is 11.6 Å². The van der Waals surface area contributed by atoms with E-state index in [4.69, 9.17) is 4.74 Å². The van der Waals surface area contributed by atoms with Gasteiger partial charge in [0, 0.05) is 38.4 Å². The summed E-state index contributed by atoms with van der Waals surface area (Å²) in [6, 6.07) is 13.1. The first kappa shape index (κ1) is 16.7. The normalized spacial score (nSPS) is 16.0. The van der Waals surface area contributed by atoms with Crippen molar-refractivity contribution in [3.63, 3.8) is 0 Å². The van der Waals surface area contributed by atoms with Crippen LogP contribution in [-0.2, 0) is 0 Å². The van der Waals surface area contributed by atoms with Gasteiger partial charge in [0.05, 0.1) is 0 Å². The molecule has 3 nitrogen and oxygen atoms in total. The van der Waals surface area contributed by atoms with Crippen molar-refractivity contribution in [2.75, 3.05) is 44.2 Å². The first-order valence-electron chi connectivity index (χ1n) is 8.32. The Morgan fingerprint density at radius 2 is 1.67 bits per heavy atom. The highest BCUT2D eigenvalue weighted by Gasteiger charge is 2.15. The highest BCUT2D eigenvalue weighted by molar-refractivity contribution is 5.46. The Hall–Kier alpha value is -2.14. The number of hydrogen-bond donors (Lipinski definition) is 0. The van der Waals surface area contributed by atoms with E-state index in [2.05, 4.69) is 9.80 Å². The molecule has 1 saturated heterocycles. The van der Waals surface area contributed by atoms with Gasteiger partial charge in [-0.05, 0) is 42.8 Å². The van der Waals surface area contributed by atoms with Crippen LogP contribution in [0.15, 0.2) is 48.5 Å². The largest absolute Gasteiger partial charge is 0.489 e. The van der Waals surface area contributed by atoms with E-state index >= 15 is 0 Å². The molecule has 128 valence electrons. The quantitative estimate of drug-likeness (QED) is 0.833. The van der Waals surface area contributed by atoms with Crippen LogP contribution < -0.4 is 9.64 Å². The molecule has 5 heteroatoms. The fourth-order valence-electron chi connectivity index (χ4n) is 2.95. The van der Waals surface area contributed by atoms with Crippen LogP contribution in [0.3, 0.4) is 0 Å². The van der Waals surface area contributed by atoms with Crippen LogP contribution in [0.5, 0.6) is 5.75 Å². The summed E-state index contributed by atoms with van der Waals surface area (Å²) in [6.07, 6.45) is 1.04. The highest BCUT2D eigenvalue weighted by atomic mass is 19.1. The fraction of sp³-hybridized carbons (Fsp3) is 0.368. The van der Waals surface area contributed by atoms with Crippen LogP contribution in [0.1, 0.15) is 6.42 Å². The van der Waals surface area contributed by atoms with Gasteiger partial charge in [-0.25, -0.2) is 8.78 Å². The van der Waals surface area contributed by atoms with Gasteiger partial charge < -0.3 is 9.64 Å². The van der Waals surface area contributed by atoms with Gasteiger partial charge in [0.1, 0.15) is 12.4 Å². The Balaban J connectivity index is 1.47. The van der Waals surface area contributed by atoms with Gasteiger partial charge in [-0.15, -0.1) is 0 Å². The highest BCUT2D eigenvalue weighted by Crippen LogP contribution is 2.18. The Morgan fingerprint density at radius 1 is 0.875 bits per heavy atom. The smallest absolute Gasteiger partial charge is 0.165 e. The molecule has 24 heavy (non-hydrogen) atoms. The number of hydrogen-bond acceptors (Lipinski definition) is 3. The molecular formula is C19H22F2N2O. The van der Waals surface area contributed by atoms with Gasteiger partial charge >= 0.3 is 0 Å². The lowest BCUT2D eigenvalue weighted by atomic mass is 10.2. The minimum Gasteiger partial charge on any atom is -0.489 e. The molecule has 2 aromatic rings. The van der Waals surface area contributed by atoms with Gasteiger partial charge in [-0.1, -0.05) is 12.1 Å². The van der Waals surface area contributed by atoms with Gasteiger partial charge in [-0.3, -0.25) is 4.90 Å². The van der Waals surface area contributed by atoms with E-state index in [1.807, 2.05) is 12.1 Å². The molecule has 0 unspecified atom stereocenters. The molecule has 0 atom stereocenters. The van der Waals surface area contributed by atoms with E-state index in [9.17, 15) is 8.78 Å². The third-order valence-corrected chi connectivity index (χ3v) is 4.28. The molecule has 0 bridgehead atoms. The average molecular weight is 332 g/mol. The molecule has 0 saturated carbocycles. The maximum absolute atomic E-state index is 13.5. The summed E-state index contributed by atoms with van der Waals surface area (Å²) >= 11 is 0. The van der Waals surface area contributed by atoms with Gasteiger partial charge in [0.2, 0.25) is 0 Å². The van der Waals surface area contributed by atoms with Gasteiger partial charge in [0.15, 0.2) is 11.6 Å². The molecular weight excluding hydrogens is 310 g/mol. The summed E-state index contributed by atoms with van der Waals surface area (Å²) in [7, 11) is 0. The summed E-state index contributed by atoms with van der Waals surface area (Å²) in [4.78, 5) is 4.60. The number of rotatable bonds is 5. The van der Waals surface area contributed by atoms with Crippen LogP contribution in [0.4, 0.5) is 14.5 Å². The number of benzene rings is 2. The van der Waals surface area contributed by atoms with Crippen molar-refractivity contribution in [1.29, 1.82) is 0 Å². The second-order valence-corrected chi connectivity index (χ2v) is 5.94. The molecule has 0 aromatic heterocycles. The zero-order valence-electron chi connectivity index (χ0n) is 13.6. The lowest BCUT2D eigenvalue weighted by molar-refractivity contribution is 0.213. The number of halogens is 2. The van der Waals surface area contributed by atoms with Gasteiger partial charge in [0.25, 0.3) is 0 Å². The van der Waals surface area contributed by atoms with Crippen LogP contribution >= 0.6 is 0 Å². The van der Waals surface area contributed by atoms with Crippen molar-refractivity contribution < 1.29 is 13.5 Å². The molecule has 1 heterocycles. The Morgan fingerprint density at radius 3 is 2.46 bits per heavy atom. The molecule has 3 rings (SSSR count). The van der Waals surface area contributed by atoms with Crippen LogP contribution in [0.2, 0.25) is 0 Å². The molecule has 0 aliphatic carbocycles. The minimum absolute atomic E-state index is 0.208. The molecule has 0 spiro atoms.